The number of hydrogen-bond donors (Lipinski definition) is 2. The van der Waals surface area contributed by atoms with E-state index in [9.17, 15) is 0 Å². The molecule has 0 amide bonds. The molecule has 3 heteroatoms. The van der Waals surface area contributed by atoms with Gasteiger partial charge in [-0.2, -0.15) is 0 Å². The van der Waals surface area contributed by atoms with Gasteiger partial charge in [-0.05, 0) is 12.8 Å². The van der Waals surface area contributed by atoms with Gasteiger partial charge >= 0.3 is 0 Å². The predicted octanol–water partition coefficient (Wildman–Crippen LogP) is 0.999. The van der Waals surface area contributed by atoms with E-state index >= 15 is 0 Å². The molecule has 0 aromatic rings. The first-order chi connectivity index (χ1) is 7.36. The molecular formula is C12H24N2O. The van der Waals surface area contributed by atoms with Crippen molar-refractivity contribution in [2.75, 3.05) is 32.8 Å². The first-order valence-corrected chi connectivity index (χ1v) is 6.04. The normalized spacial score (nSPS) is 17.5. The SMILES string of the molecule is C=CCN(CCO)CCNC1CCCC1. The van der Waals surface area contributed by atoms with Crippen LogP contribution in [-0.4, -0.2) is 48.8 Å². The highest BCUT2D eigenvalue weighted by atomic mass is 16.3. The van der Waals surface area contributed by atoms with Gasteiger partial charge in [0.05, 0.1) is 6.61 Å². The van der Waals surface area contributed by atoms with E-state index in [1.165, 1.54) is 25.7 Å². The highest BCUT2D eigenvalue weighted by molar-refractivity contribution is 4.76. The summed E-state index contributed by atoms with van der Waals surface area (Å²) in [6, 6.07) is 0.740. The zero-order chi connectivity index (χ0) is 10.9. The molecule has 0 heterocycles. The summed E-state index contributed by atoms with van der Waals surface area (Å²) in [5, 5.41) is 12.4. The summed E-state index contributed by atoms with van der Waals surface area (Å²) < 4.78 is 0. The highest BCUT2D eigenvalue weighted by Crippen LogP contribution is 2.17. The average Bonchev–Trinajstić information content (AvgIpc) is 2.71. The maximum Gasteiger partial charge on any atom is 0.0558 e. The van der Waals surface area contributed by atoms with Crippen molar-refractivity contribution < 1.29 is 5.11 Å². The summed E-state index contributed by atoms with van der Waals surface area (Å²) >= 11 is 0. The van der Waals surface area contributed by atoms with Crippen molar-refractivity contribution in [2.24, 2.45) is 0 Å². The monoisotopic (exact) mass is 212 g/mol. The molecule has 88 valence electrons. The largest absolute Gasteiger partial charge is 0.395 e. The lowest BCUT2D eigenvalue weighted by Crippen LogP contribution is -2.37. The van der Waals surface area contributed by atoms with Crippen molar-refractivity contribution in [1.29, 1.82) is 0 Å². The topological polar surface area (TPSA) is 35.5 Å². The smallest absolute Gasteiger partial charge is 0.0558 e. The van der Waals surface area contributed by atoms with Gasteiger partial charge in [-0.15, -0.1) is 6.58 Å². The summed E-state index contributed by atoms with van der Waals surface area (Å²) in [5.74, 6) is 0. The molecule has 0 unspecified atom stereocenters. The third kappa shape index (κ3) is 5.30. The third-order valence-corrected chi connectivity index (χ3v) is 3.02. The third-order valence-electron chi connectivity index (χ3n) is 3.02. The molecule has 0 aliphatic heterocycles. The Labute approximate surface area is 93.2 Å². The average molecular weight is 212 g/mol. The molecule has 1 aliphatic carbocycles. The molecule has 0 bridgehead atoms. The Hall–Kier alpha value is -0.380. The standard InChI is InChI=1S/C12H24N2O/c1-2-8-14(10-11-15)9-7-13-12-5-3-4-6-12/h2,12-13,15H,1,3-11H2. The number of rotatable bonds is 8. The van der Waals surface area contributed by atoms with Gasteiger partial charge in [0.15, 0.2) is 0 Å². The lowest BCUT2D eigenvalue weighted by molar-refractivity contribution is 0.207. The van der Waals surface area contributed by atoms with Crippen LogP contribution in [0.15, 0.2) is 12.7 Å². The minimum Gasteiger partial charge on any atom is -0.395 e. The quantitative estimate of drug-likeness (QED) is 0.589. The van der Waals surface area contributed by atoms with Gasteiger partial charge in [0.25, 0.3) is 0 Å². The molecule has 2 N–H and O–H groups in total. The van der Waals surface area contributed by atoms with Crippen molar-refractivity contribution in [1.82, 2.24) is 10.2 Å². The van der Waals surface area contributed by atoms with Gasteiger partial charge in [-0.3, -0.25) is 4.90 Å². The Morgan fingerprint density at radius 2 is 2.07 bits per heavy atom. The number of hydrogen-bond acceptors (Lipinski definition) is 3. The Bertz CT molecular complexity index is 167. The summed E-state index contributed by atoms with van der Waals surface area (Å²) in [5.41, 5.74) is 0. The van der Waals surface area contributed by atoms with Crippen molar-refractivity contribution in [3.63, 3.8) is 0 Å². The number of aliphatic hydroxyl groups is 1. The maximum atomic E-state index is 8.88. The highest BCUT2D eigenvalue weighted by Gasteiger charge is 2.13. The summed E-state index contributed by atoms with van der Waals surface area (Å²) in [7, 11) is 0. The van der Waals surface area contributed by atoms with Crippen LogP contribution in [0, 0.1) is 0 Å². The first-order valence-electron chi connectivity index (χ1n) is 6.04. The molecule has 0 atom stereocenters. The molecule has 3 nitrogen and oxygen atoms in total. The van der Waals surface area contributed by atoms with Gasteiger partial charge in [-0.25, -0.2) is 0 Å². The Kier molecular flexibility index (Phi) is 6.64. The van der Waals surface area contributed by atoms with Crippen LogP contribution in [0.25, 0.3) is 0 Å². The van der Waals surface area contributed by atoms with E-state index in [4.69, 9.17) is 5.11 Å². The van der Waals surface area contributed by atoms with Gasteiger partial charge in [0.1, 0.15) is 0 Å². The van der Waals surface area contributed by atoms with E-state index < -0.39 is 0 Å². The van der Waals surface area contributed by atoms with Gasteiger partial charge in [0.2, 0.25) is 0 Å². The molecule has 1 saturated carbocycles. The number of aliphatic hydroxyl groups excluding tert-OH is 1. The molecule has 15 heavy (non-hydrogen) atoms. The fourth-order valence-corrected chi connectivity index (χ4v) is 2.18. The molecule has 1 fully saturated rings. The Morgan fingerprint density at radius 3 is 2.67 bits per heavy atom. The Balaban J connectivity index is 2.06. The summed E-state index contributed by atoms with van der Waals surface area (Å²) in [6.07, 6.45) is 7.32. The fraction of sp³-hybridized carbons (Fsp3) is 0.833. The molecule has 0 spiro atoms. The van der Waals surface area contributed by atoms with Crippen LogP contribution in [0.4, 0.5) is 0 Å². The first kappa shape index (κ1) is 12.7. The van der Waals surface area contributed by atoms with E-state index in [0.717, 1.165) is 32.2 Å². The van der Waals surface area contributed by atoms with Crippen LogP contribution in [-0.2, 0) is 0 Å². The number of nitrogens with one attached hydrogen (secondary N) is 1. The van der Waals surface area contributed by atoms with Crippen molar-refractivity contribution in [3.8, 4) is 0 Å². The maximum absolute atomic E-state index is 8.88. The van der Waals surface area contributed by atoms with Crippen molar-refractivity contribution in [3.05, 3.63) is 12.7 Å². The second-order valence-electron chi connectivity index (χ2n) is 4.25. The van der Waals surface area contributed by atoms with Crippen LogP contribution in [0.2, 0.25) is 0 Å². The van der Waals surface area contributed by atoms with Crippen LogP contribution in [0.3, 0.4) is 0 Å². The molecule has 0 radical (unpaired) electrons. The lowest BCUT2D eigenvalue weighted by atomic mass is 10.2. The van der Waals surface area contributed by atoms with Gasteiger partial charge in [0, 0.05) is 32.2 Å². The van der Waals surface area contributed by atoms with E-state index in [0.29, 0.717) is 0 Å². The Morgan fingerprint density at radius 1 is 1.33 bits per heavy atom. The molecule has 0 saturated heterocycles. The molecule has 1 aliphatic rings. The minimum atomic E-state index is 0.233. The molecule has 1 rings (SSSR count). The summed E-state index contributed by atoms with van der Waals surface area (Å²) in [6.45, 7) is 7.60. The zero-order valence-electron chi connectivity index (χ0n) is 9.62. The molecular weight excluding hydrogens is 188 g/mol. The van der Waals surface area contributed by atoms with Crippen molar-refractivity contribution in [2.45, 2.75) is 31.7 Å². The van der Waals surface area contributed by atoms with Gasteiger partial charge < -0.3 is 10.4 Å². The van der Waals surface area contributed by atoms with E-state index in [1.54, 1.807) is 0 Å². The van der Waals surface area contributed by atoms with Crippen LogP contribution in [0.1, 0.15) is 25.7 Å². The van der Waals surface area contributed by atoms with E-state index in [1.807, 2.05) is 6.08 Å². The molecule has 0 aromatic carbocycles. The predicted molar refractivity (Wildman–Crippen MR) is 64.0 cm³/mol. The number of nitrogens with zero attached hydrogens (tertiary/aromatic N) is 1. The fourth-order valence-electron chi connectivity index (χ4n) is 2.18. The lowest BCUT2D eigenvalue weighted by Gasteiger charge is -2.21. The zero-order valence-corrected chi connectivity index (χ0v) is 9.62. The van der Waals surface area contributed by atoms with E-state index in [2.05, 4.69) is 16.8 Å². The van der Waals surface area contributed by atoms with Crippen LogP contribution < -0.4 is 5.32 Å². The minimum absolute atomic E-state index is 0.233. The van der Waals surface area contributed by atoms with Crippen LogP contribution in [0.5, 0.6) is 0 Å². The van der Waals surface area contributed by atoms with Crippen molar-refractivity contribution >= 4 is 0 Å². The molecule has 0 aromatic heterocycles. The second-order valence-corrected chi connectivity index (χ2v) is 4.25. The summed E-state index contributed by atoms with van der Waals surface area (Å²) in [4.78, 5) is 2.22. The second kappa shape index (κ2) is 7.85. The van der Waals surface area contributed by atoms with E-state index in [-0.39, 0.29) is 6.61 Å². The van der Waals surface area contributed by atoms with Gasteiger partial charge in [-0.1, -0.05) is 18.9 Å². The van der Waals surface area contributed by atoms with Crippen LogP contribution >= 0.6 is 0 Å².